The lowest BCUT2D eigenvalue weighted by atomic mass is 9.86. The second kappa shape index (κ2) is 7.24. The number of nitrogens with zero attached hydrogens (tertiary/aromatic N) is 1. The molecule has 0 aliphatic heterocycles. The van der Waals surface area contributed by atoms with Crippen molar-refractivity contribution in [3.8, 4) is 5.75 Å². The number of fused-ring (bicyclic) bond motifs is 2. The molecular weight excluding hydrogens is 304 g/mol. The van der Waals surface area contributed by atoms with Gasteiger partial charge >= 0.3 is 0 Å². The molecule has 5 nitrogen and oxygen atoms in total. The monoisotopic (exact) mass is 330 g/mol. The summed E-state index contributed by atoms with van der Waals surface area (Å²) in [5.74, 6) is 2.68. The van der Waals surface area contributed by atoms with E-state index in [1.165, 1.54) is 25.7 Å². The van der Waals surface area contributed by atoms with Crippen molar-refractivity contribution >= 4 is 17.5 Å². The number of carbonyl (C=O) groups excluding carboxylic acids is 2. The van der Waals surface area contributed by atoms with Gasteiger partial charge in [0.1, 0.15) is 5.75 Å². The average molecular weight is 330 g/mol. The number of carbonyl (C=O) groups is 2. The first-order valence-corrected chi connectivity index (χ1v) is 8.73. The molecule has 0 unspecified atom stereocenters. The molecule has 2 amide bonds. The van der Waals surface area contributed by atoms with Crippen LogP contribution in [0.5, 0.6) is 5.75 Å². The number of rotatable bonds is 6. The summed E-state index contributed by atoms with van der Waals surface area (Å²) in [7, 11) is 3.30. The SMILES string of the molecule is COc1cccc(NC(=O)CN(C)C(=O)C[C@@H]2C[C@@H]3CC[C@@H]2C3)c1. The number of likely N-dealkylation sites (N-methyl/N-ethyl adjacent to an activating group) is 1. The zero-order chi connectivity index (χ0) is 17.1. The van der Waals surface area contributed by atoms with E-state index in [1.54, 1.807) is 31.2 Å². The molecule has 0 heterocycles. The van der Waals surface area contributed by atoms with E-state index in [-0.39, 0.29) is 18.4 Å². The van der Waals surface area contributed by atoms with E-state index in [0.717, 1.165) is 11.8 Å². The van der Waals surface area contributed by atoms with Crippen molar-refractivity contribution in [3.05, 3.63) is 24.3 Å². The summed E-state index contributed by atoms with van der Waals surface area (Å²) in [4.78, 5) is 26.1. The molecular formula is C19H26N2O3. The summed E-state index contributed by atoms with van der Waals surface area (Å²) in [6, 6.07) is 7.20. The minimum Gasteiger partial charge on any atom is -0.497 e. The van der Waals surface area contributed by atoms with Gasteiger partial charge in [-0.15, -0.1) is 0 Å². The van der Waals surface area contributed by atoms with Crippen molar-refractivity contribution in [2.24, 2.45) is 17.8 Å². The van der Waals surface area contributed by atoms with Gasteiger partial charge in [-0.1, -0.05) is 12.5 Å². The molecule has 2 aliphatic rings. The Morgan fingerprint density at radius 2 is 2.12 bits per heavy atom. The Bertz CT molecular complexity index is 616. The maximum absolute atomic E-state index is 12.4. The predicted octanol–water partition coefficient (Wildman–Crippen LogP) is 2.92. The molecule has 1 aromatic rings. The number of hydrogen-bond donors (Lipinski definition) is 1. The van der Waals surface area contributed by atoms with Crippen LogP contribution in [0.15, 0.2) is 24.3 Å². The summed E-state index contributed by atoms with van der Waals surface area (Å²) in [6.45, 7) is 0.0802. The molecule has 2 saturated carbocycles. The Labute approximate surface area is 143 Å². The van der Waals surface area contributed by atoms with Crippen LogP contribution in [0.1, 0.15) is 32.1 Å². The molecule has 3 atom stereocenters. The Kier molecular flexibility index (Phi) is 5.07. The molecule has 130 valence electrons. The van der Waals surface area contributed by atoms with Gasteiger partial charge in [-0.2, -0.15) is 0 Å². The van der Waals surface area contributed by atoms with Gasteiger partial charge in [0.25, 0.3) is 0 Å². The topological polar surface area (TPSA) is 58.6 Å². The van der Waals surface area contributed by atoms with Crippen molar-refractivity contribution in [2.75, 3.05) is 26.0 Å². The molecule has 3 rings (SSSR count). The molecule has 24 heavy (non-hydrogen) atoms. The number of ether oxygens (including phenoxy) is 1. The summed E-state index contributed by atoms with van der Waals surface area (Å²) >= 11 is 0. The highest BCUT2D eigenvalue weighted by atomic mass is 16.5. The van der Waals surface area contributed by atoms with Crippen LogP contribution in [0, 0.1) is 17.8 Å². The van der Waals surface area contributed by atoms with Gasteiger partial charge in [-0.3, -0.25) is 9.59 Å². The zero-order valence-electron chi connectivity index (χ0n) is 14.5. The number of nitrogens with one attached hydrogen (secondary N) is 1. The van der Waals surface area contributed by atoms with Crippen LogP contribution in [0.4, 0.5) is 5.69 Å². The first-order chi connectivity index (χ1) is 11.5. The highest BCUT2D eigenvalue weighted by Gasteiger charge is 2.40. The number of hydrogen-bond acceptors (Lipinski definition) is 3. The molecule has 2 fully saturated rings. The molecule has 0 saturated heterocycles. The first kappa shape index (κ1) is 16.8. The van der Waals surface area contributed by atoms with Gasteiger partial charge < -0.3 is 15.0 Å². The third kappa shape index (κ3) is 3.89. The van der Waals surface area contributed by atoms with E-state index in [0.29, 0.717) is 23.8 Å². The Morgan fingerprint density at radius 3 is 2.79 bits per heavy atom. The van der Waals surface area contributed by atoms with Crippen LogP contribution in [0.3, 0.4) is 0 Å². The third-order valence-electron chi connectivity index (χ3n) is 5.48. The fourth-order valence-corrected chi connectivity index (χ4v) is 4.21. The minimum absolute atomic E-state index is 0.0772. The van der Waals surface area contributed by atoms with E-state index in [2.05, 4.69) is 5.32 Å². The van der Waals surface area contributed by atoms with Gasteiger partial charge in [-0.25, -0.2) is 0 Å². The Balaban J connectivity index is 1.47. The van der Waals surface area contributed by atoms with E-state index in [4.69, 9.17) is 4.74 Å². The van der Waals surface area contributed by atoms with Crippen molar-refractivity contribution in [1.29, 1.82) is 0 Å². The van der Waals surface area contributed by atoms with Gasteiger partial charge in [0.05, 0.1) is 13.7 Å². The van der Waals surface area contributed by atoms with E-state index in [9.17, 15) is 9.59 Å². The van der Waals surface area contributed by atoms with E-state index in [1.807, 2.05) is 12.1 Å². The normalized spacial score (nSPS) is 24.7. The quantitative estimate of drug-likeness (QED) is 0.872. The Morgan fingerprint density at radius 1 is 1.29 bits per heavy atom. The number of amides is 2. The van der Waals surface area contributed by atoms with Crippen LogP contribution < -0.4 is 10.1 Å². The van der Waals surface area contributed by atoms with Gasteiger partial charge in [-0.05, 0) is 49.1 Å². The smallest absolute Gasteiger partial charge is 0.243 e. The second-order valence-electron chi connectivity index (χ2n) is 7.17. The fourth-order valence-electron chi connectivity index (χ4n) is 4.21. The Hall–Kier alpha value is -2.04. The van der Waals surface area contributed by atoms with Crippen LogP contribution in [-0.2, 0) is 9.59 Å². The molecule has 1 aromatic carbocycles. The molecule has 0 aromatic heterocycles. The van der Waals surface area contributed by atoms with Crippen LogP contribution >= 0.6 is 0 Å². The lowest BCUT2D eigenvalue weighted by molar-refractivity contribution is -0.134. The van der Waals surface area contributed by atoms with Crippen LogP contribution in [0.2, 0.25) is 0 Å². The predicted molar refractivity (Wildman–Crippen MR) is 92.8 cm³/mol. The van der Waals surface area contributed by atoms with Crippen molar-refractivity contribution in [1.82, 2.24) is 4.90 Å². The van der Waals surface area contributed by atoms with Gasteiger partial charge in [0.2, 0.25) is 11.8 Å². The summed E-state index contributed by atoms with van der Waals surface area (Å²) in [5, 5.41) is 2.81. The van der Waals surface area contributed by atoms with Crippen molar-refractivity contribution in [3.63, 3.8) is 0 Å². The number of benzene rings is 1. The second-order valence-corrected chi connectivity index (χ2v) is 7.17. The van der Waals surface area contributed by atoms with E-state index < -0.39 is 0 Å². The molecule has 5 heteroatoms. The highest BCUT2D eigenvalue weighted by molar-refractivity contribution is 5.94. The summed E-state index contributed by atoms with van der Waals surface area (Å²) < 4.78 is 5.14. The largest absolute Gasteiger partial charge is 0.497 e. The zero-order valence-corrected chi connectivity index (χ0v) is 14.5. The molecule has 2 aliphatic carbocycles. The lowest BCUT2D eigenvalue weighted by Crippen LogP contribution is -2.36. The number of methoxy groups -OCH3 is 1. The number of anilines is 1. The highest BCUT2D eigenvalue weighted by Crippen LogP contribution is 2.49. The van der Waals surface area contributed by atoms with Crippen molar-refractivity contribution < 1.29 is 14.3 Å². The molecule has 0 radical (unpaired) electrons. The maximum Gasteiger partial charge on any atom is 0.243 e. The molecule has 0 spiro atoms. The lowest BCUT2D eigenvalue weighted by Gasteiger charge is -2.24. The van der Waals surface area contributed by atoms with Gasteiger partial charge in [0, 0.05) is 25.2 Å². The third-order valence-corrected chi connectivity index (χ3v) is 5.48. The van der Waals surface area contributed by atoms with Crippen LogP contribution in [0.25, 0.3) is 0 Å². The average Bonchev–Trinajstić information content (AvgIpc) is 3.17. The van der Waals surface area contributed by atoms with E-state index >= 15 is 0 Å². The maximum atomic E-state index is 12.4. The first-order valence-electron chi connectivity index (χ1n) is 8.73. The molecule has 2 bridgehead atoms. The molecule has 1 N–H and O–H groups in total. The fraction of sp³-hybridized carbons (Fsp3) is 0.579. The van der Waals surface area contributed by atoms with Gasteiger partial charge in [0.15, 0.2) is 0 Å². The minimum atomic E-state index is -0.188. The summed E-state index contributed by atoms with van der Waals surface area (Å²) in [6.07, 6.45) is 5.71. The standard InChI is InChI=1S/C19H26N2O3/c1-21(19(23)10-15-9-13-6-7-14(15)8-13)12-18(22)20-16-4-3-5-17(11-16)24-2/h3-5,11,13-15H,6-10,12H2,1-2H3,(H,20,22)/t13-,14-,15+/m1/s1. The summed E-state index contributed by atoms with van der Waals surface area (Å²) in [5.41, 5.74) is 0.674. The van der Waals surface area contributed by atoms with Crippen molar-refractivity contribution in [2.45, 2.75) is 32.1 Å². The van der Waals surface area contributed by atoms with Crippen LogP contribution in [-0.4, -0.2) is 37.4 Å².